The maximum atomic E-state index is 5.96. The van der Waals surface area contributed by atoms with E-state index in [4.69, 9.17) is 15.2 Å². The zero-order valence-corrected chi connectivity index (χ0v) is 19.2. The third-order valence-corrected chi connectivity index (χ3v) is 3.92. The number of pyridine rings is 1. The van der Waals surface area contributed by atoms with Gasteiger partial charge in [-0.05, 0) is 12.8 Å². The molecule has 0 unspecified atom stereocenters. The van der Waals surface area contributed by atoms with Gasteiger partial charge in [0, 0.05) is 50.5 Å². The normalized spacial score (nSPS) is 13.6. The van der Waals surface area contributed by atoms with Crippen LogP contribution in [-0.2, 0) is 4.74 Å². The van der Waals surface area contributed by atoms with Crippen LogP contribution in [0.25, 0.3) is 0 Å². The van der Waals surface area contributed by atoms with Gasteiger partial charge in [-0.25, -0.2) is 0 Å². The Balaban J connectivity index is 0.00000133. The van der Waals surface area contributed by atoms with Crippen molar-refractivity contribution in [3.05, 3.63) is 12.1 Å². The molecule has 1 aliphatic rings. The number of nitrogens with two attached hydrogens (primary N) is 1. The fourth-order valence-corrected chi connectivity index (χ4v) is 2.78. The number of aromatic nitrogens is 1. The summed E-state index contributed by atoms with van der Waals surface area (Å²) in [6.45, 7) is 19.7. The first-order valence-electron chi connectivity index (χ1n) is 11.1. The number of anilines is 2. The standard InChI is InChI=1S/C17H30N4O2.C3H8.C2H6/c1-3-5-21(6-4-2)15-13-16(18)19-17(14-15)23-12-9-20-7-10-22-11-8-20;1-3-2;1-2/h13-14H,3-12H2,1-2H3,(H2,18,19);3H2,1-2H3;1-2H3. The lowest BCUT2D eigenvalue weighted by molar-refractivity contribution is 0.0320. The highest BCUT2D eigenvalue weighted by atomic mass is 16.5. The third-order valence-electron chi connectivity index (χ3n) is 3.92. The van der Waals surface area contributed by atoms with Crippen molar-refractivity contribution in [3.8, 4) is 5.88 Å². The maximum absolute atomic E-state index is 5.96. The molecule has 0 saturated carbocycles. The predicted octanol–water partition coefficient (Wildman–Crippen LogP) is 4.44. The Morgan fingerprint density at radius 3 is 2.18 bits per heavy atom. The molecule has 0 bridgehead atoms. The lowest BCUT2D eigenvalue weighted by Gasteiger charge is -2.26. The first-order chi connectivity index (χ1) is 13.6. The van der Waals surface area contributed by atoms with Gasteiger partial charge < -0.3 is 20.1 Å². The van der Waals surface area contributed by atoms with Crippen molar-refractivity contribution in [2.24, 2.45) is 0 Å². The summed E-state index contributed by atoms with van der Waals surface area (Å²) in [6, 6.07) is 3.93. The molecule has 6 heteroatoms. The van der Waals surface area contributed by atoms with Crippen LogP contribution in [0.4, 0.5) is 11.5 Å². The summed E-state index contributed by atoms with van der Waals surface area (Å²) < 4.78 is 11.2. The minimum absolute atomic E-state index is 0.515. The molecule has 0 spiro atoms. The summed E-state index contributed by atoms with van der Waals surface area (Å²) in [7, 11) is 0. The average Bonchev–Trinajstić information content (AvgIpc) is 2.70. The van der Waals surface area contributed by atoms with Crippen molar-refractivity contribution in [2.75, 3.05) is 63.2 Å². The Kier molecular flexibility index (Phi) is 16.6. The topological polar surface area (TPSA) is 63.8 Å². The lowest BCUT2D eigenvalue weighted by Crippen LogP contribution is -2.38. The Morgan fingerprint density at radius 2 is 1.64 bits per heavy atom. The summed E-state index contributed by atoms with van der Waals surface area (Å²) >= 11 is 0. The first kappa shape index (κ1) is 26.5. The van der Waals surface area contributed by atoms with Crippen LogP contribution in [0, 0.1) is 0 Å². The molecule has 0 aliphatic carbocycles. The summed E-state index contributed by atoms with van der Waals surface area (Å²) in [4.78, 5) is 8.99. The van der Waals surface area contributed by atoms with Gasteiger partial charge >= 0.3 is 0 Å². The van der Waals surface area contributed by atoms with Crippen molar-refractivity contribution in [1.82, 2.24) is 9.88 Å². The average molecular weight is 397 g/mol. The van der Waals surface area contributed by atoms with Crippen LogP contribution in [-0.4, -0.2) is 62.4 Å². The molecular formula is C22H44N4O2. The minimum Gasteiger partial charge on any atom is -0.476 e. The van der Waals surface area contributed by atoms with Crippen LogP contribution in [0.5, 0.6) is 5.88 Å². The molecule has 2 heterocycles. The van der Waals surface area contributed by atoms with E-state index in [-0.39, 0.29) is 0 Å². The number of rotatable bonds is 9. The zero-order chi connectivity index (χ0) is 21.2. The van der Waals surface area contributed by atoms with Gasteiger partial charge in [0.2, 0.25) is 5.88 Å². The number of nitrogens with zero attached hydrogens (tertiary/aromatic N) is 3. The fourth-order valence-electron chi connectivity index (χ4n) is 2.78. The van der Waals surface area contributed by atoms with Crippen molar-refractivity contribution in [2.45, 2.75) is 60.8 Å². The van der Waals surface area contributed by atoms with Crippen LogP contribution in [0.15, 0.2) is 12.1 Å². The summed E-state index contributed by atoms with van der Waals surface area (Å²) in [6.07, 6.45) is 3.46. The molecule has 164 valence electrons. The second-order valence-electron chi connectivity index (χ2n) is 6.59. The first-order valence-corrected chi connectivity index (χ1v) is 11.1. The number of nitrogen functional groups attached to an aromatic ring is 1. The third kappa shape index (κ3) is 11.3. The van der Waals surface area contributed by atoms with Crippen LogP contribution in [0.2, 0.25) is 0 Å². The fraction of sp³-hybridized carbons (Fsp3) is 0.773. The maximum Gasteiger partial charge on any atom is 0.217 e. The molecule has 28 heavy (non-hydrogen) atoms. The predicted molar refractivity (Wildman–Crippen MR) is 122 cm³/mol. The molecule has 2 rings (SSSR count). The molecule has 1 aliphatic heterocycles. The highest BCUT2D eigenvalue weighted by Gasteiger charge is 2.11. The van der Waals surface area contributed by atoms with Gasteiger partial charge in [0.05, 0.1) is 13.2 Å². The van der Waals surface area contributed by atoms with E-state index in [0.717, 1.165) is 64.5 Å². The quantitative estimate of drug-likeness (QED) is 0.665. The smallest absolute Gasteiger partial charge is 0.217 e. The van der Waals surface area contributed by atoms with E-state index in [0.29, 0.717) is 18.3 Å². The van der Waals surface area contributed by atoms with E-state index in [1.807, 2.05) is 26.0 Å². The molecule has 6 nitrogen and oxygen atoms in total. The van der Waals surface area contributed by atoms with Crippen LogP contribution >= 0.6 is 0 Å². The summed E-state index contributed by atoms with van der Waals surface area (Å²) in [5.74, 6) is 1.13. The van der Waals surface area contributed by atoms with E-state index in [1.54, 1.807) is 0 Å². The van der Waals surface area contributed by atoms with Crippen LogP contribution in [0.1, 0.15) is 60.8 Å². The zero-order valence-electron chi connectivity index (χ0n) is 19.2. The minimum atomic E-state index is 0.515. The molecule has 0 radical (unpaired) electrons. The van der Waals surface area contributed by atoms with Crippen molar-refractivity contribution in [3.63, 3.8) is 0 Å². The summed E-state index contributed by atoms with van der Waals surface area (Å²) in [5, 5.41) is 0. The van der Waals surface area contributed by atoms with Gasteiger partial charge in [0.1, 0.15) is 12.4 Å². The van der Waals surface area contributed by atoms with Gasteiger partial charge in [0.25, 0.3) is 0 Å². The van der Waals surface area contributed by atoms with Gasteiger partial charge in [0.15, 0.2) is 0 Å². The number of ether oxygens (including phenoxy) is 2. The van der Waals surface area contributed by atoms with Crippen LogP contribution < -0.4 is 15.4 Å². The Labute approximate surface area is 173 Å². The van der Waals surface area contributed by atoms with Gasteiger partial charge in [-0.2, -0.15) is 4.98 Å². The molecule has 1 aromatic rings. The highest BCUT2D eigenvalue weighted by Crippen LogP contribution is 2.23. The molecule has 1 fully saturated rings. The summed E-state index contributed by atoms with van der Waals surface area (Å²) in [5.41, 5.74) is 7.06. The number of hydrogen-bond acceptors (Lipinski definition) is 6. The van der Waals surface area contributed by atoms with Crippen molar-refractivity contribution in [1.29, 1.82) is 0 Å². The van der Waals surface area contributed by atoms with Crippen LogP contribution in [0.3, 0.4) is 0 Å². The van der Waals surface area contributed by atoms with Crippen molar-refractivity contribution >= 4 is 11.5 Å². The SMILES string of the molecule is CC.CCC.CCCN(CCC)c1cc(N)nc(OCCN2CCOCC2)c1. The second kappa shape index (κ2) is 17.6. The monoisotopic (exact) mass is 396 g/mol. The Morgan fingerprint density at radius 1 is 1.07 bits per heavy atom. The van der Waals surface area contributed by atoms with Gasteiger partial charge in [-0.15, -0.1) is 0 Å². The van der Waals surface area contributed by atoms with Crippen molar-refractivity contribution < 1.29 is 9.47 Å². The second-order valence-corrected chi connectivity index (χ2v) is 6.59. The number of morpholine rings is 1. The largest absolute Gasteiger partial charge is 0.476 e. The highest BCUT2D eigenvalue weighted by molar-refractivity contribution is 5.55. The van der Waals surface area contributed by atoms with E-state index < -0.39 is 0 Å². The van der Waals surface area contributed by atoms with E-state index in [1.165, 1.54) is 6.42 Å². The lowest BCUT2D eigenvalue weighted by atomic mass is 10.3. The molecular weight excluding hydrogens is 352 g/mol. The molecule has 0 atom stereocenters. The van der Waals surface area contributed by atoms with Gasteiger partial charge in [-0.3, -0.25) is 4.90 Å². The number of hydrogen-bond donors (Lipinski definition) is 1. The molecule has 2 N–H and O–H groups in total. The van der Waals surface area contributed by atoms with E-state index in [9.17, 15) is 0 Å². The molecule has 0 amide bonds. The van der Waals surface area contributed by atoms with Gasteiger partial charge in [-0.1, -0.05) is 48.0 Å². The molecule has 1 saturated heterocycles. The van der Waals surface area contributed by atoms with E-state index >= 15 is 0 Å². The Hall–Kier alpha value is -1.53. The van der Waals surface area contributed by atoms with E-state index in [2.05, 4.69) is 42.5 Å². The molecule has 0 aromatic carbocycles. The Bertz CT molecular complexity index is 474. The molecule has 1 aromatic heterocycles.